The number of carbonyl (C=O) groups excluding carboxylic acids is 1. The lowest BCUT2D eigenvalue weighted by Gasteiger charge is -2.34. The first-order valence-electron chi connectivity index (χ1n) is 10.5. The standard InChI is InChI=1S/C23H27N5O3S/c1-26-14-12-19(13-15-26)27(2)32(30,31)21-10-8-18(9-11-21)25-23(29)22-16-24-17-28(22)20-6-4-3-5-7-20/h3-11,16-17,19H,12-15H2,1-2H3,(H,25,29). The third-order valence-corrected chi connectivity index (χ3v) is 7.82. The molecular formula is C23H27N5O3S. The van der Waals surface area contributed by atoms with E-state index in [1.165, 1.54) is 22.6 Å². The molecule has 1 aliphatic rings. The number of aromatic nitrogens is 2. The van der Waals surface area contributed by atoms with Gasteiger partial charge >= 0.3 is 0 Å². The molecule has 9 heteroatoms. The van der Waals surface area contributed by atoms with Crippen LogP contribution in [0.5, 0.6) is 0 Å². The quantitative estimate of drug-likeness (QED) is 0.620. The van der Waals surface area contributed by atoms with E-state index < -0.39 is 10.0 Å². The molecule has 2 aromatic carbocycles. The maximum atomic E-state index is 13.0. The molecule has 0 aliphatic carbocycles. The molecule has 2 heterocycles. The zero-order valence-electron chi connectivity index (χ0n) is 18.2. The van der Waals surface area contributed by atoms with Gasteiger partial charge in [-0.15, -0.1) is 0 Å². The molecule has 0 spiro atoms. The molecule has 4 rings (SSSR count). The highest BCUT2D eigenvalue weighted by atomic mass is 32.2. The Balaban J connectivity index is 1.46. The molecule has 1 fully saturated rings. The van der Waals surface area contributed by atoms with E-state index in [2.05, 4.69) is 15.2 Å². The van der Waals surface area contributed by atoms with E-state index in [1.54, 1.807) is 30.1 Å². The van der Waals surface area contributed by atoms with Gasteiger partial charge in [0.15, 0.2) is 0 Å². The molecule has 0 radical (unpaired) electrons. The van der Waals surface area contributed by atoms with E-state index in [0.717, 1.165) is 31.6 Å². The highest BCUT2D eigenvalue weighted by Crippen LogP contribution is 2.24. The van der Waals surface area contributed by atoms with Crippen LogP contribution < -0.4 is 5.32 Å². The molecule has 1 saturated heterocycles. The molecule has 168 valence electrons. The lowest BCUT2D eigenvalue weighted by Crippen LogP contribution is -2.44. The number of anilines is 1. The van der Waals surface area contributed by atoms with Crippen molar-refractivity contribution in [1.29, 1.82) is 0 Å². The number of sulfonamides is 1. The Labute approximate surface area is 188 Å². The average Bonchev–Trinajstić information content (AvgIpc) is 3.30. The normalized spacial score (nSPS) is 15.7. The van der Waals surface area contributed by atoms with Crippen LogP contribution >= 0.6 is 0 Å². The molecule has 32 heavy (non-hydrogen) atoms. The Morgan fingerprint density at radius 3 is 2.38 bits per heavy atom. The van der Waals surface area contributed by atoms with Crippen molar-refractivity contribution in [2.24, 2.45) is 0 Å². The lowest BCUT2D eigenvalue weighted by molar-refractivity contribution is 0.102. The SMILES string of the molecule is CN1CCC(N(C)S(=O)(=O)c2ccc(NC(=O)c3cncn3-c3ccccc3)cc2)CC1. The van der Waals surface area contributed by atoms with Gasteiger partial charge in [0.05, 0.1) is 17.4 Å². The number of rotatable bonds is 6. The molecule has 1 amide bonds. The number of hydrogen-bond donors (Lipinski definition) is 1. The summed E-state index contributed by atoms with van der Waals surface area (Å²) in [5.41, 5.74) is 1.72. The molecule has 1 aromatic heterocycles. The summed E-state index contributed by atoms with van der Waals surface area (Å²) in [6, 6.07) is 15.7. The number of hydrogen-bond acceptors (Lipinski definition) is 5. The maximum absolute atomic E-state index is 13.0. The first-order valence-corrected chi connectivity index (χ1v) is 12.0. The summed E-state index contributed by atoms with van der Waals surface area (Å²) >= 11 is 0. The Kier molecular flexibility index (Phi) is 6.40. The van der Waals surface area contributed by atoms with Crippen molar-refractivity contribution >= 4 is 21.6 Å². The third kappa shape index (κ3) is 4.59. The number of imidazole rings is 1. The van der Waals surface area contributed by atoms with Gasteiger partial charge in [0.2, 0.25) is 10.0 Å². The van der Waals surface area contributed by atoms with Gasteiger partial charge in [-0.25, -0.2) is 13.4 Å². The monoisotopic (exact) mass is 453 g/mol. The van der Waals surface area contributed by atoms with E-state index >= 15 is 0 Å². The summed E-state index contributed by atoms with van der Waals surface area (Å²) in [6.07, 6.45) is 4.71. The third-order valence-electron chi connectivity index (χ3n) is 5.90. The number of nitrogens with zero attached hydrogens (tertiary/aromatic N) is 4. The summed E-state index contributed by atoms with van der Waals surface area (Å²) < 4.78 is 29.3. The largest absolute Gasteiger partial charge is 0.321 e. The van der Waals surface area contributed by atoms with Crippen molar-refractivity contribution in [3.8, 4) is 5.69 Å². The fourth-order valence-corrected chi connectivity index (χ4v) is 5.30. The number of benzene rings is 2. The molecule has 8 nitrogen and oxygen atoms in total. The van der Waals surface area contributed by atoms with Crippen LogP contribution in [0.1, 0.15) is 23.3 Å². The van der Waals surface area contributed by atoms with Gasteiger partial charge in [0.1, 0.15) is 5.69 Å². The molecule has 0 unspecified atom stereocenters. The van der Waals surface area contributed by atoms with Crippen LogP contribution in [0.4, 0.5) is 5.69 Å². The minimum atomic E-state index is -3.60. The van der Waals surface area contributed by atoms with Crippen molar-refractivity contribution in [2.75, 3.05) is 32.5 Å². The van der Waals surface area contributed by atoms with Crippen molar-refractivity contribution in [3.05, 3.63) is 72.8 Å². The fourth-order valence-electron chi connectivity index (χ4n) is 3.88. The molecular weight excluding hydrogens is 426 g/mol. The molecule has 3 aromatic rings. The van der Waals surface area contributed by atoms with Crippen LogP contribution in [-0.2, 0) is 10.0 Å². The molecule has 1 N–H and O–H groups in total. The van der Waals surface area contributed by atoms with Gasteiger partial charge in [-0.1, -0.05) is 18.2 Å². The van der Waals surface area contributed by atoms with Crippen molar-refractivity contribution in [3.63, 3.8) is 0 Å². The molecule has 0 saturated carbocycles. The summed E-state index contributed by atoms with van der Waals surface area (Å²) in [6.45, 7) is 1.77. The smallest absolute Gasteiger partial charge is 0.274 e. The van der Waals surface area contributed by atoms with E-state index in [0.29, 0.717) is 11.4 Å². The fraction of sp³-hybridized carbons (Fsp3) is 0.304. The van der Waals surface area contributed by atoms with Crippen LogP contribution in [-0.4, -0.2) is 66.3 Å². The average molecular weight is 454 g/mol. The number of piperidine rings is 1. The summed E-state index contributed by atoms with van der Waals surface area (Å²) in [4.78, 5) is 19.3. The predicted molar refractivity (Wildman–Crippen MR) is 123 cm³/mol. The first kappa shape index (κ1) is 22.2. The predicted octanol–water partition coefficient (Wildman–Crippen LogP) is 2.84. The van der Waals surface area contributed by atoms with Crippen molar-refractivity contribution in [1.82, 2.24) is 18.8 Å². The van der Waals surface area contributed by atoms with Crippen LogP contribution in [0.2, 0.25) is 0 Å². The van der Waals surface area contributed by atoms with Crippen LogP contribution in [0.15, 0.2) is 72.0 Å². The van der Waals surface area contributed by atoms with Gasteiger partial charge in [0, 0.05) is 24.5 Å². The van der Waals surface area contributed by atoms with Gasteiger partial charge in [-0.05, 0) is 69.4 Å². The topological polar surface area (TPSA) is 87.5 Å². The Morgan fingerprint density at radius 2 is 1.72 bits per heavy atom. The number of nitrogens with one attached hydrogen (secondary N) is 1. The van der Waals surface area contributed by atoms with Crippen LogP contribution in [0.3, 0.4) is 0 Å². The Hall–Kier alpha value is -3.01. The number of carbonyl (C=O) groups is 1. The summed E-state index contributed by atoms with van der Waals surface area (Å²) in [5.74, 6) is -0.328. The summed E-state index contributed by atoms with van der Waals surface area (Å²) in [7, 11) is 0.0915. The second-order valence-electron chi connectivity index (χ2n) is 8.02. The maximum Gasteiger partial charge on any atom is 0.274 e. The zero-order valence-corrected chi connectivity index (χ0v) is 19.0. The molecule has 1 aliphatic heterocycles. The van der Waals surface area contributed by atoms with Crippen LogP contribution in [0.25, 0.3) is 5.69 Å². The van der Waals surface area contributed by atoms with E-state index in [1.807, 2.05) is 37.4 Å². The minimum Gasteiger partial charge on any atom is -0.321 e. The number of para-hydroxylation sites is 1. The first-order chi connectivity index (χ1) is 15.4. The zero-order chi connectivity index (χ0) is 22.7. The van der Waals surface area contributed by atoms with Crippen molar-refractivity contribution < 1.29 is 13.2 Å². The van der Waals surface area contributed by atoms with Gasteiger partial charge in [-0.2, -0.15) is 4.31 Å². The van der Waals surface area contributed by atoms with E-state index in [4.69, 9.17) is 0 Å². The lowest BCUT2D eigenvalue weighted by atomic mass is 10.1. The van der Waals surface area contributed by atoms with E-state index in [9.17, 15) is 13.2 Å². The Morgan fingerprint density at radius 1 is 1.06 bits per heavy atom. The summed E-state index contributed by atoms with van der Waals surface area (Å²) in [5, 5.41) is 2.82. The highest BCUT2D eigenvalue weighted by Gasteiger charge is 2.30. The molecule has 0 bridgehead atoms. The van der Waals surface area contributed by atoms with Crippen LogP contribution in [0, 0.1) is 0 Å². The number of likely N-dealkylation sites (tertiary alicyclic amines) is 1. The Bertz CT molecular complexity index is 1170. The highest BCUT2D eigenvalue weighted by molar-refractivity contribution is 7.89. The van der Waals surface area contributed by atoms with Gasteiger partial charge < -0.3 is 10.2 Å². The minimum absolute atomic E-state index is 0.00569. The molecule has 0 atom stereocenters. The second-order valence-corrected chi connectivity index (χ2v) is 10.0. The van der Waals surface area contributed by atoms with E-state index in [-0.39, 0.29) is 16.8 Å². The van der Waals surface area contributed by atoms with Crippen molar-refractivity contribution in [2.45, 2.75) is 23.8 Å². The number of amides is 1. The van der Waals surface area contributed by atoms with Gasteiger partial charge in [0.25, 0.3) is 5.91 Å². The van der Waals surface area contributed by atoms with Gasteiger partial charge in [-0.3, -0.25) is 9.36 Å². The second kappa shape index (κ2) is 9.23.